The van der Waals surface area contributed by atoms with Gasteiger partial charge in [0.05, 0.1) is 16.8 Å². The molecule has 6 heteroatoms. The van der Waals surface area contributed by atoms with Crippen molar-refractivity contribution in [2.24, 2.45) is 0 Å². The van der Waals surface area contributed by atoms with Gasteiger partial charge in [-0.2, -0.15) is 0 Å². The highest BCUT2D eigenvalue weighted by Gasteiger charge is 2.17. The molecule has 4 nitrogen and oxygen atoms in total. The lowest BCUT2D eigenvalue weighted by Crippen LogP contribution is -1.91. The highest BCUT2D eigenvalue weighted by atomic mass is 127. The number of pyridine rings is 2. The molecule has 0 saturated heterocycles. The van der Waals surface area contributed by atoms with Crippen molar-refractivity contribution in [1.82, 2.24) is 15.1 Å². The number of benzene rings is 2. The molecule has 0 amide bonds. The van der Waals surface area contributed by atoms with E-state index in [-0.39, 0.29) is 0 Å². The van der Waals surface area contributed by atoms with E-state index in [4.69, 9.17) is 9.51 Å². The Kier molecular flexibility index (Phi) is 4.29. The van der Waals surface area contributed by atoms with Crippen molar-refractivity contribution in [1.29, 1.82) is 0 Å². The van der Waals surface area contributed by atoms with Crippen LogP contribution in [0.15, 0.2) is 82.3 Å². The second kappa shape index (κ2) is 6.94. The average Bonchev–Trinajstić information content (AvgIpc) is 3.19. The van der Waals surface area contributed by atoms with Crippen molar-refractivity contribution < 1.29 is 4.52 Å². The summed E-state index contributed by atoms with van der Waals surface area (Å²) in [5.74, 6) is 0.765. The van der Waals surface area contributed by atoms with Crippen LogP contribution in [0.1, 0.15) is 0 Å². The van der Waals surface area contributed by atoms with Crippen molar-refractivity contribution in [3.63, 3.8) is 0 Å². The summed E-state index contributed by atoms with van der Waals surface area (Å²) < 4.78 is 5.71. The van der Waals surface area contributed by atoms with Gasteiger partial charge in [-0.15, -0.1) is 0 Å². The normalized spacial score (nSPS) is 11.3. The van der Waals surface area contributed by atoms with E-state index in [1.54, 1.807) is 15.1 Å². The van der Waals surface area contributed by atoms with Crippen LogP contribution in [0.25, 0.3) is 44.5 Å². The summed E-state index contributed by atoms with van der Waals surface area (Å²) in [7, 11) is 1.66. The molecule has 0 fully saturated rings. The van der Waals surface area contributed by atoms with E-state index >= 15 is 0 Å². The zero-order valence-corrected chi connectivity index (χ0v) is 16.9. The van der Waals surface area contributed by atoms with Crippen molar-refractivity contribution in [2.45, 2.75) is 4.90 Å². The van der Waals surface area contributed by atoms with Gasteiger partial charge in [0.2, 0.25) is 0 Å². The highest BCUT2D eigenvalue weighted by molar-refractivity contribution is 14.2. The Hall–Kier alpha value is -2.45. The number of aromatic nitrogens is 3. The van der Waals surface area contributed by atoms with Crippen LogP contribution in [0.4, 0.5) is 0 Å². The molecule has 0 radical (unpaired) electrons. The van der Waals surface area contributed by atoms with Crippen LogP contribution in [0, 0.1) is 0 Å². The first-order valence-electron chi connectivity index (χ1n) is 8.34. The van der Waals surface area contributed by atoms with Gasteiger partial charge in [-0.1, -0.05) is 56.6 Å². The topological polar surface area (TPSA) is 51.8 Å². The van der Waals surface area contributed by atoms with Gasteiger partial charge in [0.25, 0.3) is 0 Å². The third kappa shape index (κ3) is 2.89. The molecule has 0 aliphatic heterocycles. The van der Waals surface area contributed by atoms with Gasteiger partial charge >= 0.3 is 0 Å². The monoisotopic (exact) mass is 481 g/mol. The minimum Gasteiger partial charge on any atom is -0.355 e. The van der Waals surface area contributed by atoms with Crippen molar-refractivity contribution in [3.8, 4) is 22.7 Å². The van der Waals surface area contributed by atoms with Crippen molar-refractivity contribution in [2.75, 3.05) is 0 Å². The average molecular weight is 481 g/mol. The molecule has 3 heterocycles. The maximum atomic E-state index is 5.71. The molecule has 5 rings (SSSR count). The second-order valence-corrected chi connectivity index (χ2v) is 7.95. The summed E-state index contributed by atoms with van der Waals surface area (Å²) in [6.07, 6.45) is 1.78. The Labute approximate surface area is 171 Å². The van der Waals surface area contributed by atoms with Crippen LogP contribution in [0.3, 0.4) is 0 Å². The molecule has 0 spiro atoms. The predicted molar refractivity (Wildman–Crippen MR) is 118 cm³/mol. The number of rotatable bonds is 3. The molecule has 0 atom stereocenters. The SMILES string of the molecule is ISc1cc(-c2ccccn2)nc2c1ccc1c(-c3ccccc3)onc12. The Balaban J connectivity index is 1.81. The van der Waals surface area contributed by atoms with E-state index in [1.807, 2.05) is 48.5 Å². The lowest BCUT2D eigenvalue weighted by molar-refractivity contribution is 0.441. The number of nitrogens with zero attached hydrogens (tertiary/aromatic N) is 3. The third-order valence-corrected chi connectivity index (χ3v) is 6.36. The maximum absolute atomic E-state index is 5.71. The zero-order valence-electron chi connectivity index (χ0n) is 14.0. The van der Waals surface area contributed by atoms with Gasteiger partial charge in [0.1, 0.15) is 11.0 Å². The largest absolute Gasteiger partial charge is 0.355 e. The van der Waals surface area contributed by atoms with Crippen LogP contribution < -0.4 is 0 Å². The summed E-state index contributed by atoms with van der Waals surface area (Å²) in [5, 5.41) is 6.39. The van der Waals surface area contributed by atoms with Crippen LogP contribution >= 0.6 is 30.1 Å². The van der Waals surface area contributed by atoms with Crippen LogP contribution in [-0.4, -0.2) is 15.1 Å². The first kappa shape index (κ1) is 16.7. The summed E-state index contributed by atoms with van der Waals surface area (Å²) >= 11 is 2.30. The van der Waals surface area contributed by atoms with Crippen molar-refractivity contribution in [3.05, 3.63) is 72.9 Å². The van der Waals surface area contributed by atoms with Gasteiger partial charge in [0, 0.05) is 43.2 Å². The molecular formula is C21H12IN3OS. The molecule has 0 N–H and O–H groups in total. The molecule has 0 aliphatic carbocycles. The first-order valence-corrected chi connectivity index (χ1v) is 11.7. The Morgan fingerprint density at radius 1 is 0.815 bits per heavy atom. The molecular weight excluding hydrogens is 469 g/mol. The number of fused-ring (bicyclic) bond motifs is 3. The number of halogens is 1. The van der Waals surface area contributed by atoms with Gasteiger partial charge in [0.15, 0.2) is 5.76 Å². The minimum absolute atomic E-state index is 0.765. The van der Waals surface area contributed by atoms with Gasteiger partial charge in [-0.25, -0.2) is 4.98 Å². The van der Waals surface area contributed by atoms with Gasteiger partial charge in [-0.05, 0) is 24.3 Å². The quantitative estimate of drug-likeness (QED) is 0.274. The zero-order chi connectivity index (χ0) is 18.2. The van der Waals surface area contributed by atoms with E-state index in [2.05, 4.69) is 49.5 Å². The fraction of sp³-hybridized carbons (Fsp3) is 0. The fourth-order valence-corrected chi connectivity index (χ4v) is 4.67. The standard InChI is InChI=1S/C21H12IN3OS/c22-27-18-12-17(16-8-4-5-11-23-16)24-19-14(18)9-10-15-20(19)25-26-21(15)13-6-2-1-3-7-13/h1-12H. The summed E-state index contributed by atoms with van der Waals surface area (Å²) in [4.78, 5) is 10.5. The predicted octanol–water partition coefficient (Wildman–Crippen LogP) is 6.55. The molecule has 0 saturated carbocycles. The summed E-state index contributed by atoms with van der Waals surface area (Å²) in [6, 6.07) is 22.1. The Bertz CT molecular complexity index is 1260. The number of hydrogen-bond donors (Lipinski definition) is 0. The lowest BCUT2D eigenvalue weighted by Gasteiger charge is -2.07. The third-order valence-electron chi connectivity index (χ3n) is 4.44. The molecule has 0 bridgehead atoms. The molecule has 5 aromatic rings. The molecule has 2 aromatic carbocycles. The van der Waals surface area contributed by atoms with Crippen LogP contribution in [0.2, 0.25) is 0 Å². The molecule has 0 aliphatic rings. The Morgan fingerprint density at radius 3 is 2.41 bits per heavy atom. The van der Waals surface area contributed by atoms with E-state index in [0.29, 0.717) is 0 Å². The van der Waals surface area contributed by atoms with Gasteiger partial charge in [-0.3, -0.25) is 4.98 Å². The molecule has 27 heavy (non-hydrogen) atoms. The maximum Gasteiger partial charge on any atom is 0.174 e. The van der Waals surface area contributed by atoms with Crippen molar-refractivity contribution >= 4 is 51.9 Å². The van der Waals surface area contributed by atoms with E-state index in [9.17, 15) is 0 Å². The summed E-state index contributed by atoms with van der Waals surface area (Å²) in [5.41, 5.74) is 4.29. The second-order valence-electron chi connectivity index (χ2n) is 6.03. The van der Waals surface area contributed by atoms with E-state index in [1.165, 1.54) is 0 Å². The molecule has 0 unspecified atom stereocenters. The first-order chi connectivity index (χ1) is 13.3. The molecule has 130 valence electrons. The Morgan fingerprint density at radius 2 is 1.63 bits per heavy atom. The smallest absolute Gasteiger partial charge is 0.174 e. The van der Waals surface area contributed by atoms with Crippen LogP contribution in [0.5, 0.6) is 0 Å². The number of hydrogen-bond acceptors (Lipinski definition) is 5. The fourth-order valence-electron chi connectivity index (χ4n) is 3.17. The van der Waals surface area contributed by atoms with E-state index < -0.39 is 0 Å². The highest BCUT2D eigenvalue weighted by Crippen LogP contribution is 2.39. The summed E-state index contributed by atoms with van der Waals surface area (Å²) in [6.45, 7) is 0. The van der Waals surface area contributed by atoms with Gasteiger partial charge < -0.3 is 4.52 Å². The van der Waals surface area contributed by atoms with Crippen LogP contribution in [-0.2, 0) is 0 Å². The minimum atomic E-state index is 0.765. The lowest BCUT2D eigenvalue weighted by atomic mass is 10.1. The molecule has 3 aromatic heterocycles. The van der Waals surface area contributed by atoms with E-state index in [0.717, 1.165) is 49.4 Å².